The van der Waals surface area contributed by atoms with Crippen LogP contribution in [0.15, 0.2) is 0 Å². The molecule has 0 aromatic carbocycles. The highest BCUT2D eigenvalue weighted by molar-refractivity contribution is 5.73. The molecule has 1 heterocycles. The molecule has 3 heteroatoms. The van der Waals surface area contributed by atoms with Crippen LogP contribution in [0.4, 0.5) is 0 Å². The Kier molecular flexibility index (Phi) is 2.70. The monoisotopic (exact) mass is 264 g/mol. The fraction of sp³-hybridized carbons (Fsp3) is 0.938. The molecule has 4 aliphatic rings. The van der Waals surface area contributed by atoms with E-state index in [9.17, 15) is 4.79 Å². The van der Waals surface area contributed by atoms with Gasteiger partial charge in [-0.1, -0.05) is 13.8 Å². The minimum atomic E-state index is 0.0652. The maximum absolute atomic E-state index is 12.3. The van der Waals surface area contributed by atoms with Gasteiger partial charge >= 0.3 is 5.97 Å². The summed E-state index contributed by atoms with van der Waals surface area (Å²) in [6, 6.07) is 0. The quantitative estimate of drug-likeness (QED) is 0.580. The number of carbonyl (C=O) groups excluding carboxylic acids is 1. The van der Waals surface area contributed by atoms with Crippen molar-refractivity contribution in [3.63, 3.8) is 0 Å². The van der Waals surface area contributed by atoms with Gasteiger partial charge in [0, 0.05) is 0 Å². The van der Waals surface area contributed by atoms with Crippen LogP contribution in [-0.2, 0) is 14.3 Å². The Balaban J connectivity index is 1.45. The van der Waals surface area contributed by atoms with Gasteiger partial charge in [-0.05, 0) is 54.8 Å². The molecule has 0 N–H and O–H groups in total. The Hall–Kier alpha value is -0.570. The maximum atomic E-state index is 12.3. The third kappa shape index (κ3) is 1.77. The van der Waals surface area contributed by atoms with E-state index < -0.39 is 0 Å². The molecule has 3 nitrogen and oxygen atoms in total. The topological polar surface area (TPSA) is 38.8 Å². The number of esters is 1. The van der Waals surface area contributed by atoms with Gasteiger partial charge in [-0.3, -0.25) is 4.79 Å². The van der Waals surface area contributed by atoms with Crippen LogP contribution in [0.5, 0.6) is 0 Å². The van der Waals surface area contributed by atoms with Crippen LogP contribution in [0.3, 0.4) is 0 Å². The van der Waals surface area contributed by atoms with Crippen molar-refractivity contribution in [2.75, 3.05) is 13.2 Å². The number of rotatable bonds is 3. The van der Waals surface area contributed by atoms with E-state index in [-0.39, 0.29) is 18.0 Å². The second-order valence-electron chi connectivity index (χ2n) is 7.29. The SMILES string of the molecule is CC1C(C)C2CC1C1CCC(C(=O)OCC3CO3)C21. The molecule has 8 unspecified atom stereocenters. The van der Waals surface area contributed by atoms with Crippen LogP contribution < -0.4 is 0 Å². The molecule has 0 amide bonds. The molecule has 4 rings (SSSR count). The highest BCUT2D eigenvalue weighted by Crippen LogP contribution is 2.64. The predicted molar refractivity (Wildman–Crippen MR) is 70.3 cm³/mol. The fourth-order valence-electron chi connectivity index (χ4n) is 5.49. The third-order valence-corrected chi connectivity index (χ3v) is 6.66. The molecule has 0 aromatic heterocycles. The maximum Gasteiger partial charge on any atom is 0.309 e. The summed E-state index contributed by atoms with van der Waals surface area (Å²) in [5.74, 6) is 5.02. The molecule has 4 fully saturated rings. The summed E-state index contributed by atoms with van der Waals surface area (Å²) < 4.78 is 10.6. The first-order valence-corrected chi connectivity index (χ1v) is 7.95. The summed E-state index contributed by atoms with van der Waals surface area (Å²) in [7, 11) is 0. The van der Waals surface area contributed by atoms with Crippen LogP contribution in [-0.4, -0.2) is 25.3 Å². The first kappa shape index (κ1) is 12.2. The van der Waals surface area contributed by atoms with Crippen molar-refractivity contribution in [2.24, 2.45) is 41.4 Å². The number of hydrogen-bond acceptors (Lipinski definition) is 3. The number of ether oxygens (including phenoxy) is 2. The first-order chi connectivity index (χ1) is 9.16. The second-order valence-corrected chi connectivity index (χ2v) is 7.29. The fourth-order valence-corrected chi connectivity index (χ4v) is 5.49. The minimum absolute atomic E-state index is 0.0652. The van der Waals surface area contributed by atoms with Crippen molar-refractivity contribution in [1.82, 2.24) is 0 Å². The van der Waals surface area contributed by atoms with Crippen LogP contribution in [0.1, 0.15) is 33.1 Å². The van der Waals surface area contributed by atoms with Gasteiger partial charge in [0.15, 0.2) is 0 Å². The molecule has 0 radical (unpaired) electrons. The highest BCUT2D eigenvalue weighted by Gasteiger charge is 2.60. The van der Waals surface area contributed by atoms with Gasteiger partial charge in [-0.2, -0.15) is 0 Å². The first-order valence-electron chi connectivity index (χ1n) is 7.95. The van der Waals surface area contributed by atoms with E-state index in [0.717, 1.165) is 42.6 Å². The number of epoxide rings is 1. The standard InChI is InChI=1S/C16H24O3/c1-8-9(2)14-5-13(8)11-3-4-12(15(11)14)16(17)19-7-10-6-18-10/h8-15H,3-7H2,1-2H3. The second kappa shape index (κ2) is 4.21. The number of carbonyl (C=O) groups is 1. The lowest BCUT2D eigenvalue weighted by Crippen LogP contribution is -2.35. The Morgan fingerprint density at radius 3 is 2.63 bits per heavy atom. The van der Waals surface area contributed by atoms with Crippen LogP contribution in [0.25, 0.3) is 0 Å². The molecule has 8 atom stereocenters. The van der Waals surface area contributed by atoms with Gasteiger partial charge in [0.2, 0.25) is 0 Å². The molecule has 3 aliphatic carbocycles. The van der Waals surface area contributed by atoms with Crippen LogP contribution in [0, 0.1) is 41.4 Å². The van der Waals surface area contributed by atoms with Gasteiger partial charge in [0.1, 0.15) is 12.7 Å². The van der Waals surface area contributed by atoms with E-state index >= 15 is 0 Å². The van der Waals surface area contributed by atoms with Crippen molar-refractivity contribution >= 4 is 5.97 Å². The van der Waals surface area contributed by atoms with Crippen LogP contribution >= 0.6 is 0 Å². The zero-order valence-corrected chi connectivity index (χ0v) is 11.9. The normalized spacial score (nSPS) is 54.2. The molecule has 1 aliphatic heterocycles. The zero-order valence-electron chi connectivity index (χ0n) is 11.9. The average Bonchev–Trinajstić information content (AvgIpc) is 2.89. The Morgan fingerprint density at radius 1 is 1.16 bits per heavy atom. The lowest BCUT2D eigenvalue weighted by molar-refractivity contribution is -0.151. The van der Waals surface area contributed by atoms with E-state index in [4.69, 9.17) is 9.47 Å². The Labute approximate surface area is 115 Å². The molecule has 0 aromatic rings. The van der Waals surface area contributed by atoms with E-state index in [1.807, 2.05) is 0 Å². The van der Waals surface area contributed by atoms with Gasteiger partial charge in [-0.25, -0.2) is 0 Å². The van der Waals surface area contributed by atoms with Gasteiger partial charge in [-0.15, -0.1) is 0 Å². The number of hydrogen-bond donors (Lipinski definition) is 0. The molecule has 106 valence electrons. The molecule has 3 saturated carbocycles. The molecule has 2 bridgehead atoms. The Bertz CT molecular complexity index is 389. The zero-order chi connectivity index (χ0) is 13.1. The van der Waals surface area contributed by atoms with Gasteiger partial charge in [0.05, 0.1) is 12.5 Å². The lowest BCUT2D eigenvalue weighted by atomic mass is 9.69. The highest BCUT2D eigenvalue weighted by atomic mass is 16.6. The summed E-state index contributed by atoms with van der Waals surface area (Å²) in [5, 5.41) is 0. The summed E-state index contributed by atoms with van der Waals surface area (Å²) >= 11 is 0. The minimum Gasteiger partial charge on any atom is -0.463 e. The van der Waals surface area contributed by atoms with Crippen molar-refractivity contribution in [3.05, 3.63) is 0 Å². The van der Waals surface area contributed by atoms with E-state index in [1.54, 1.807) is 0 Å². The molecule has 1 saturated heterocycles. The summed E-state index contributed by atoms with van der Waals surface area (Å²) in [6.45, 7) is 6.06. The van der Waals surface area contributed by atoms with E-state index in [2.05, 4.69) is 13.8 Å². The molecule has 19 heavy (non-hydrogen) atoms. The van der Waals surface area contributed by atoms with Crippen molar-refractivity contribution in [2.45, 2.75) is 39.2 Å². The van der Waals surface area contributed by atoms with Gasteiger partial charge < -0.3 is 9.47 Å². The van der Waals surface area contributed by atoms with Gasteiger partial charge in [0.25, 0.3) is 0 Å². The Morgan fingerprint density at radius 2 is 1.89 bits per heavy atom. The average molecular weight is 264 g/mol. The molecule has 0 spiro atoms. The predicted octanol–water partition coefficient (Wildman–Crippen LogP) is 2.49. The van der Waals surface area contributed by atoms with Crippen LogP contribution in [0.2, 0.25) is 0 Å². The lowest BCUT2D eigenvalue weighted by Gasteiger charge is -2.36. The summed E-state index contributed by atoms with van der Waals surface area (Å²) in [4.78, 5) is 12.3. The van der Waals surface area contributed by atoms with E-state index in [0.29, 0.717) is 12.5 Å². The molecular weight excluding hydrogens is 240 g/mol. The largest absolute Gasteiger partial charge is 0.463 e. The molecular formula is C16H24O3. The number of fused-ring (bicyclic) bond motifs is 5. The third-order valence-electron chi connectivity index (χ3n) is 6.66. The van der Waals surface area contributed by atoms with E-state index in [1.165, 1.54) is 12.8 Å². The summed E-state index contributed by atoms with van der Waals surface area (Å²) in [5.41, 5.74) is 0. The smallest absolute Gasteiger partial charge is 0.309 e. The summed E-state index contributed by atoms with van der Waals surface area (Å²) in [6.07, 6.45) is 3.88. The van der Waals surface area contributed by atoms with Crippen molar-refractivity contribution in [3.8, 4) is 0 Å². The van der Waals surface area contributed by atoms with Crippen molar-refractivity contribution in [1.29, 1.82) is 0 Å². The van der Waals surface area contributed by atoms with Crippen molar-refractivity contribution < 1.29 is 14.3 Å².